The number of anilines is 3. The van der Waals surface area contributed by atoms with Gasteiger partial charge < -0.3 is 10.0 Å². The quantitative estimate of drug-likeness (QED) is 0.193. The lowest BCUT2D eigenvalue weighted by atomic mass is 9.56. The number of hydrogen-bond donors (Lipinski definition) is 1. The zero-order valence-electron chi connectivity index (χ0n) is 29.0. The zero-order chi connectivity index (χ0) is 33.8. The van der Waals surface area contributed by atoms with Gasteiger partial charge in [0.2, 0.25) is 0 Å². The highest BCUT2D eigenvalue weighted by Gasteiger charge is 2.44. The SMILES string of the molecule is CC1(C)c2ccccc2-c2c(NB3c4c(cccc4C4C=CC=C4)-c4ccccc4N3c3cccc4c3-c3ccccc3C4(C)C)cccc21. The van der Waals surface area contributed by atoms with Crippen molar-refractivity contribution in [3.8, 4) is 33.4 Å². The number of nitrogens with zero attached hydrogens (tertiary/aromatic N) is 1. The van der Waals surface area contributed by atoms with Crippen LogP contribution in [0, 0.1) is 0 Å². The summed E-state index contributed by atoms with van der Waals surface area (Å²) in [5, 5.41) is 4.28. The van der Waals surface area contributed by atoms with Gasteiger partial charge in [-0.3, -0.25) is 0 Å². The van der Waals surface area contributed by atoms with E-state index in [1.165, 1.54) is 83.7 Å². The molecule has 0 saturated heterocycles. The summed E-state index contributed by atoms with van der Waals surface area (Å²) >= 11 is 0. The molecule has 1 heterocycles. The molecule has 4 aliphatic rings. The molecule has 50 heavy (non-hydrogen) atoms. The molecule has 1 N–H and O–H groups in total. The van der Waals surface area contributed by atoms with Crippen molar-refractivity contribution in [2.45, 2.75) is 44.4 Å². The number of benzene rings is 6. The van der Waals surface area contributed by atoms with E-state index in [-0.39, 0.29) is 23.7 Å². The standard InChI is InChI=1S/C47H39BN2/c1-46(2)36-23-10-7-19-34(36)43-38(46)25-14-27-40(43)49-48-45-31(30-16-5-6-17-30)21-13-22-33(45)32-18-9-12-28-41(32)50(48)42-29-15-26-39-44(42)35-20-8-11-24-37(35)47(39,3)4/h5-30,49H,1-4H3. The van der Waals surface area contributed by atoms with Crippen LogP contribution >= 0.6 is 0 Å². The predicted molar refractivity (Wildman–Crippen MR) is 212 cm³/mol. The summed E-state index contributed by atoms with van der Waals surface area (Å²) in [5.74, 6) is 0.212. The number of fused-ring (bicyclic) bond motifs is 9. The van der Waals surface area contributed by atoms with Crippen molar-refractivity contribution >= 4 is 29.5 Å². The Morgan fingerprint density at radius 2 is 1.02 bits per heavy atom. The fourth-order valence-electron chi connectivity index (χ4n) is 9.60. The number of allylic oxidation sites excluding steroid dienone is 4. The van der Waals surface area contributed by atoms with Gasteiger partial charge in [0.25, 0.3) is 0 Å². The van der Waals surface area contributed by atoms with Gasteiger partial charge in [0, 0.05) is 50.5 Å². The normalized spacial score (nSPS) is 16.8. The van der Waals surface area contributed by atoms with Gasteiger partial charge in [-0.2, -0.15) is 0 Å². The predicted octanol–water partition coefficient (Wildman–Crippen LogP) is 11.1. The third kappa shape index (κ3) is 3.92. The minimum atomic E-state index is -0.178. The maximum absolute atomic E-state index is 4.28. The Labute approximate surface area is 296 Å². The molecule has 0 radical (unpaired) electrons. The van der Waals surface area contributed by atoms with Gasteiger partial charge in [-0.1, -0.05) is 161 Å². The molecule has 0 fully saturated rings. The van der Waals surface area contributed by atoms with Crippen LogP contribution in [-0.2, 0) is 10.8 Å². The number of para-hydroxylation sites is 1. The van der Waals surface area contributed by atoms with Gasteiger partial charge in [0.15, 0.2) is 0 Å². The van der Waals surface area contributed by atoms with E-state index in [0.29, 0.717) is 0 Å². The van der Waals surface area contributed by atoms with Gasteiger partial charge in [0.1, 0.15) is 0 Å². The summed E-state index contributed by atoms with van der Waals surface area (Å²) in [5.41, 5.74) is 19.5. The summed E-state index contributed by atoms with van der Waals surface area (Å²) in [4.78, 5) is 2.62. The number of hydrogen-bond acceptors (Lipinski definition) is 2. The molecule has 6 aromatic rings. The molecule has 3 aliphatic carbocycles. The van der Waals surface area contributed by atoms with Gasteiger partial charge in [-0.25, -0.2) is 0 Å². The van der Waals surface area contributed by atoms with E-state index in [4.69, 9.17) is 0 Å². The first-order valence-corrected chi connectivity index (χ1v) is 18.0. The highest BCUT2D eigenvalue weighted by molar-refractivity contribution is 6.83. The van der Waals surface area contributed by atoms with Crippen molar-refractivity contribution in [2.24, 2.45) is 0 Å². The maximum Gasteiger partial charge on any atom is 0.414 e. The van der Waals surface area contributed by atoms with Crippen molar-refractivity contribution in [2.75, 3.05) is 10.0 Å². The molecule has 0 unspecified atom stereocenters. The lowest BCUT2D eigenvalue weighted by Gasteiger charge is -2.41. The Balaban J connectivity index is 1.27. The highest BCUT2D eigenvalue weighted by Crippen LogP contribution is 2.55. The smallest absolute Gasteiger partial charge is 0.405 e. The van der Waals surface area contributed by atoms with Crippen LogP contribution in [0.4, 0.5) is 17.1 Å². The molecular weight excluding hydrogens is 603 g/mol. The van der Waals surface area contributed by atoms with Gasteiger partial charge in [-0.15, -0.1) is 0 Å². The number of rotatable bonds is 4. The summed E-state index contributed by atoms with van der Waals surface area (Å²) in [6, 6.07) is 47.7. The summed E-state index contributed by atoms with van der Waals surface area (Å²) in [6.07, 6.45) is 9.03. The molecule has 0 spiro atoms. The molecule has 3 heteroatoms. The Bertz CT molecular complexity index is 2430. The maximum atomic E-state index is 4.28. The third-order valence-electron chi connectivity index (χ3n) is 12.0. The highest BCUT2D eigenvalue weighted by atomic mass is 15.2. The first kappa shape index (κ1) is 29.4. The minimum absolute atomic E-state index is 0.0828. The van der Waals surface area contributed by atoms with Crippen LogP contribution in [0.1, 0.15) is 61.4 Å². The molecule has 0 amide bonds. The van der Waals surface area contributed by atoms with E-state index in [9.17, 15) is 0 Å². The molecule has 0 aromatic heterocycles. The van der Waals surface area contributed by atoms with Crippen molar-refractivity contribution in [1.82, 2.24) is 0 Å². The van der Waals surface area contributed by atoms with Crippen molar-refractivity contribution in [3.05, 3.63) is 180 Å². The minimum Gasteiger partial charge on any atom is -0.405 e. The first-order chi connectivity index (χ1) is 24.4. The summed E-state index contributed by atoms with van der Waals surface area (Å²) < 4.78 is 0. The molecule has 6 aromatic carbocycles. The molecule has 2 nitrogen and oxygen atoms in total. The summed E-state index contributed by atoms with van der Waals surface area (Å²) in [6.45, 7) is 9.30. The Hall–Kier alpha value is -5.54. The number of nitrogens with one attached hydrogen (secondary N) is 1. The van der Waals surface area contributed by atoms with Crippen LogP contribution in [0.15, 0.2) is 152 Å². The van der Waals surface area contributed by atoms with Gasteiger partial charge in [0.05, 0.1) is 0 Å². The van der Waals surface area contributed by atoms with Crippen LogP contribution in [-0.4, -0.2) is 6.98 Å². The van der Waals surface area contributed by atoms with E-state index in [0.717, 1.165) is 0 Å². The van der Waals surface area contributed by atoms with Crippen molar-refractivity contribution in [1.29, 1.82) is 0 Å². The molecule has 240 valence electrons. The fourth-order valence-corrected chi connectivity index (χ4v) is 9.60. The first-order valence-electron chi connectivity index (χ1n) is 18.0. The second-order valence-corrected chi connectivity index (χ2v) is 15.3. The second kappa shape index (κ2) is 10.5. The third-order valence-corrected chi connectivity index (χ3v) is 12.0. The van der Waals surface area contributed by atoms with E-state index in [2.05, 4.69) is 189 Å². The molecule has 0 saturated carbocycles. The van der Waals surface area contributed by atoms with Crippen LogP contribution in [0.25, 0.3) is 33.4 Å². The van der Waals surface area contributed by atoms with Crippen LogP contribution in [0.5, 0.6) is 0 Å². The Morgan fingerprint density at radius 3 is 1.74 bits per heavy atom. The average molecular weight is 643 g/mol. The summed E-state index contributed by atoms with van der Waals surface area (Å²) in [7, 11) is 0. The molecule has 1 aliphatic heterocycles. The average Bonchev–Trinajstić information content (AvgIpc) is 3.83. The van der Waals surface area contributed by atoms with Crippen LogP contribution in [0.3, 0.4) is 0 Å². The fraction of sp³-hybridized carbons (Fsp3) is 0.149. The van der Waals surface area contributed by atoms with Gasteiger partial charge in [-0.05, 0) is 68.2 Å². The molecule has 0 atom stereocenters. The van der Waals surface area contributed by atoms with E-state index in [1.54, 1.807) is 0 Å². The van der Waals surface area contributed by atoms with E-state index in [1.807, 2.05) is 0 Å². The van der Waals surface area contributed by atoms with Crippen molar-refractivity contribution < 1.29 is 0 Å². The second-order valence-electron chi connectivity index (χ2n) is 15.3. The van der Waals surface area contributed by atoms with Gasteiger partial charge >= 0.3 is 6.98 Å². The Kier molecular flexibility index (Phi) is 6.16. The Morgan fingerprint density at radius 1 is 0.500 bits per heavy atom. The van der Waals surface area contributed by atoms with Crippen LogP contribution < -0.4 is 15.5 Å². The monoisotopic (exact) mass is 642 g/mol. The molecular formula is C47H39BN2. The van der Waals surface area contributed by atoms with Crippen LogP contribution in [0.2, 0.25) is 0 Å². The lowest BCUT2D eigenvalue weighted by molar-refractivity contribution is 0.660. The lowest BCUT2D eigenvalue weighted by Crippen LogP contribution is -2.56. The van der Waals surface area contributed by atoms with Crippen molar-refractivity contribution in [3.63, 3.8) is 0 Å². The molecule has 10 rings (SSSR count). The largest absolute Gasteiger partial charge is 0.414 e. The topological polar surface area (TPSA) is 15.3 Å². The zero-order valence-corrected chi connectivity index (χ0v) is 29.0. The van der Waals surface area contributed by atoms with E-state index < -0.39 is 0 Å². The molecule has 0 bridgehead atoms. The van der Waals surface area contributed by atoms with E-state index >= 15 is 0 Å².